The van der Waals surface area contributed by atoms with Gasteiger partial charge >= 0.3 is 6.09 Å². The fourth-order valence-corrected chi connectivity index (χ4v) is 3.05. The van der Waals surface area contributed by atoms with Crippen molar-refractivity contribution in [2.45, 2.75) is 77.9 Å². The average Bonchev–Trinajstić information content (AvgIpc) is 2.94. The summed E-state index contributed by atoms with van der Waals surface area (Å²) in [5.74, 6) is -0.332. The number of nitrogens with zero attached hydrogens (tertiary/aromatic N) is 2. The Morgan fingerprint density at radius 2 is 1.92 bits per heavy atom. The zero-order valence-corrected chi connectivity index (χ0v) is 17.3. The highest BCUT2D eigenvalue weighted by molar-refractivity contribution is 7.15. The van der Waals surface area contributed by atoms with Crippen LogP contribution in [0, 0.1) is 0 Å². The smallest absolute Gasteiger partial charge is 0.408 e. The van der Waals surface area contributed by atoms with Gasteiger partial charge in [0.1, 0.15) is 16.7 Å². The average molecular weight is 383 g/mol. The number of aromatic nitrogens is 2. The van der Waals surface area contributed by atoms with Crippen LogP contribution in [-0.4, -0.2) is 33.8 Å². The molecule has 0 aliphatic heterocycles. The minimum absolute atomic E-state index is 0.194. The largest absolute Gasteiger partial charge is 0.444 e. The van der Waals surface area contributed by atoms with E-state index in [9.17, 15) is 9.59 Å². The van der Waals surface area contributed by atoms with Crippen molar-refractivity contribution in [3.63, 3.8) is 0 Å². The van der Waals surface area contributed by atoms with Crippen LogP contribution >= 0.6 is 11.3 Å². The molecule has 1 aromatic heterocycles. The molecule has 2 N–H and O–H groups in total. The van der Waals surface area contributed by atoms with Crippen LogP contribution in [0.3, 0.4) is 0 Å². The van der Waals surface area contributed by atoms with Gasteiger partial charge in [0.05, 0.1) is 0 Å². The van der Waals surface area contributed by atoms with E-state index >= 15 is 0 Å². The predicted octanol–water partition coefficient (Wildman–Crippen LogP) is 4.02. The Balaban J connectivity index is 2.77. The molecule has 1 aromatic rings. The molecule has 1 rings (SSSR count). The predicted molar refractivity (Wildman–Crippen MR) is 104 cm³/mol. The van der Waals surface area contributed by atoms with Gasteiger partial charge in [-0.05, 0) is 33.6 Å². The quantitative estimate of drug-likeness (QED) is 0.662. The standard InChI is InChI=1S/C18H30N4O3S/c1-8-10-12(19-16(24)25-17(3,4)5)13(23)20-15-22-21-14(26-15)18(6,7)11-9-2/h9,12H,2,8,10-11H2,1,3-7H3,(H,19,24)(H,20,22,23). The number of allylic oxidation sites excluding steroid dienone is 1. The van der Waals surface area contributed by atoms with Crippen LogP contribution in [0.25, 0.3) is 0 Å². The second-order valence-corrected chi connectivity index (χ2v) is 8.74. The molecule has 0 aliphatic carbocycles. The van der Waals surface area contributed by atoms with Gasteiger partial charge in [0.15, 0.2) is 0 Å². The van der Waals surface area contributed by atoms with Crippen LogP contribution in [0.4, 0.5) is 9.93 Å². The van der Waals surface area contributed by atoms with Gasteiger partial charge in [0.25, 0.3) is 0 Å². The number of nitrogens with one attached hydrogen (secondary N) is 2. The zero-order chi connectivity index (χ0) is 20.0. The van der Waals surface area contributed by atoms with Crippen molar-refractivity contribution in [3.8, 4) is 0 Å². The number of carbonyl (C=O) groups excluding carboxylic acids is 2. The van der Waals surface area contributed by atoms with Crippen molar-refractivity contribution in [1.29, 1.82) is 0 Å². The van der Waals surface area contributed by atoms with E-state index in [4.69, 9.17) is 4.74 Å². The molecule has 146 valence electrons. The summed E-state index contributed by atoms with van der Waals surface area (Å²) < 4.78 is 5.23. The Hall–Kier alpha value is -1.96. The van der Waals surface area contributed by atoms with Crippen LogP contribution in [0.2, 0.25) is 0 Å². The second-order valence-electron chi connectivity index (χ2n) is 7.77. The van der Waals surface area contributed by atoms with E-state index in [1.807, 2.05) is 26.8 Å². The third kappa shape index (κ3) is 7.11. The molecule has 0 saturated carbocycles. The Morgan fingerprint density at radius 3 is 2.46 bits per heavy atom. The topological polar surface area (TPSA) is 93.2 Å². The molecule has 1 heterocycles. The maximum absolute atomic E-state index is 12.5. The first kappa shape index (κ1) is 22.1. The molecule has 26 heavy (non-hydrogen) atoms. The highest BCUT2D eigenvalue weighted by atomic mass is 32.1. The molecule has 8 heteroatoms. The van der Waals surface area contributed by atoms with Gasteiger partial charge in [0, 0.05) is 5.41 Å². The van der Waals surface area contributed by atoms with Gasteiger partial charge in [-0.15, -0.1) is 16.8 Å². The number of anilines is 1. The summed E-state index contributed by atoms with van der Waals surface area (Å²) in [6.07, 6.45) is 3.21. The van der Waals surface area contributed by atoms with E-state index in [2.05, 4.69) is 27.4 Å². The molecule has 0 saturated heterocycles. The van der Waals surface area contributed by atoms with Crippen molar-refractivity contribution in [2.75, 3.05) is 5.32 Å². The lowest BCUT2D eigenvalue weighted by molar-refractivity contribution is -0.118. The third-order valence-corrected chi connectivity index (χ3v) is 4.68. The first-order chi connectivity index (χ1) is 12.0. The monoisotopic (exact) mass is 382 g/mol. The Labute approximate surface area is 159 Å². The van der Waals surface area contributed by atoms with E-state index in [1.54, 1.807) is 20.8 Å². The molecular weight excluding hydrogens is 352 g/mol. The highest BCUT2D eigenvalue weighted by Crippen LogP contribution is 2.31. The third-order valence-electron chi connectivity index (χ3n) is 3.47. The van der Waals surface area contributed by atoms with Crippen LogP contribution in [0.15, 0.2) is 12.7 Å². The van der Waals surface area contributed by atoms with Crippen molar-refractivity contribution >= 4 is 28.5 Å². The molecule has 7 nitrogen and oxygen atoms in total. The molecule has 0 spiro atoms. The summed E-state index contributed by atoms with van der Waals surface area (Å²) in [5, 5.41) is 14.8. The van der Waals surface area contributed by atoms with Crippen molar-refractivity contribution in [2.24, 2.45) is 0 Å². The van der Waals surface area contributed by atoms with E-state index in [0.717, 1.165) is 17.8 Å². The number of rotatable bonds is 8. The fourth-order valence-electron chi connectivity index (χ4n) is 2.20. The van der Waals surface area contributed by atoms with E-state index in [-0.39, 0.29) is 11.3 Å². The van der Waals surface area contributed by atoms with Crippen molar-refractivity contribution in [3.05, 3.63) is 17.7 Å². The summed E-state index contributed by atoms with van der Waals surface area (Å²) >= 11 is 1.33. The number of carbonyl (C=O) groups is 2. The van der Waals surface area contributed by atoms with Crippen LogP contribution in [0.1, 0.15) is 65.8 Å². The molecule has 0 radical (unpaired) electrons. The molecule has 1 atom stereocenters. The van der Waals surface area contributed by atoms with Crippen molar-refractivity contribution in [1.82, 2.24) is 15.5 Å². The lowest BCUT2D eigenvalue weighted by Gasteiger charge is -2.22. The van der Waals surface area contributed by atoms with Crippen LogP contribution in [-0.2, 0) is 14.9 Å². The van der Waals surface area contributed by atoms with Gasteiger partial charge in [-0.1, -0.05) is 44.6 Å². The zero-order valence-electron chi connectivity index (χ0n) is 16.5. The minimum atomic E-state index is -0.691. The molecule has 0 aromatic carbocycles. The Bertz CT molecular complexity index is 635. The number of ether oxygens (including phenoxy) is 1. The molecule has 0 bridgehead atoms. The first-order valence-electron chi connectivity index (χ1n) is 8.73. The van der Waals surface area contributed by atoms with Gasteiger partial charge in [-0.3, -0.25) is 10.1 Å². The molecule has 0 aliphatic rings. The van der Waals surface area contributed by atoms with Crippen LogP contribution < -0.4 is 10.6 Å². The summed E-state index contributed by atoms with van der Waals surface area (Å²) in [4.78, 5) is 24.5. The Kier molecular flexibility index (Phi) is 7.74. The SMILES string of the molecule is C=CCC(C)(C)c1nnc(NC(=O)C(CCC)NC(=O)OC(C)(C)C)s1. The van der Waals surface area contributed by atoms with Gasteiger partial charge in [-0.25, -0.2) is 4.79 Å². The van der Waals surface area contributed by atoms with E-state index in [0.29, 0.717) is 11.6 Å². The van der Waals surface area contributed by atoms with Crippen LogP contribution in [0.5, 0.6) is 0 Å². The highest BCUT2D eigenvalue weighted by Gasteiger charge is 2.27. The van der Waals surface area contributed by atoms with Crippen molar-refractivity contribution < 1.29 is 14.3 Å². The van der Waals surface area contributed by atoms with Gasteiger partial charge in [0.2, 0.25) is 11.0 Å². The summed E-state index contributed by atoms with van der Waals surface area (Å²) in [6.45, 7) is 15.1. The second kappa shape index (κ2) is 9.12. The molecular formula is C18H30N4O3S. The lowest BCUT2D eigenvalue weighted by atomic mass is 9.90. The lowest BCUT2D eigenvalue weighted by Crippen LogP contribution is -2.45. The van der Waals surface area contributed by atoms with Gasteiger partial charge in [-0.2, -0.15) is 0 Å². The molecule has 2 amide bonds. The van der Waals surface area contributed by atoms with Gasteiger partial charge < -0.3 is 10.1 Å². The minimum Gasteiger partial charge on any atom is -0.444 e. The number of hydrogen-bond donors (Lipinski definition) is 2. The number of alkyl carbamates (subject to hydrolysis) is 1. The maximum Gasteiger partial charge on any atom is 0.408 e. The Morgan fingerprint density at radius 1 is 1.27 bits per heavy atom. The maximum atomic E-state index is 12.5. The fraction of sp³-hybridized carbons (Fsp3) is 0.667. The summed E-state index contributed by atoms with van der Waals surface area (Å²) in [6, 6.07) is -0.691. The first-order valence-corrected chi connectivity index (χ1v) is 9.55. The summed E-state index contributed by atoms with van der Waals surface area (Å²) in [5.41, 5.74) is -0.817. The number of hydrogen-bond acceptors (Lipinski definition) is 6. The number of amides is 2. The summed E-state index contributed by atoms with van der Waals surface area (Å²) in [7, 11) is 0. The molecule has 0 fully saturated rings. The van der Waals surface area contributed by atoms with E-state index < -0.39 is 17.7 Å². The van der Waals surface area contributed by atoms with E-state index in [1.165, 1.54) is 11.3 Å². The normalized spacial score (nSPS) is 13.0. The molecule has 1 unspecified atom stereocenters.